The summed E-state index contributed by atoms with van der Waals surface area (Å²) in [6, 6.07) is 6.86. The van der Waals surface area contributed by atoms with E-state index in [2.05, 4.69) is 10.4 Å². The minimum absolute atomic E-state index is 0.222. The molecule has 0 spiro atoms. The van der Waals surface area contributed by atoms with Crippen LogP contribution in [0.2, 0.25) is 0 Å². The van der Waals surface area contributed by atoms with Gasteiger partial charge in [0.15, 0.2) is 5.69 Å². The maximum atomic E-state index is 12.6. The number of halogens is 3. The fourth-order valence-electron chi connectivity index (χ4n) is 2.12. The Morgan fingerprint density at radius 1 is 1.23 bits per heavy atom. The third-order valence-corrected chi connectivity index (χ3v) is 3.31. The molecule has 9 heteroatoms. The average molecular weight is 369 g/mol. The number of hydrogen-bond donors (Lipinski definition) is 1. The number of amides is 1. The van der Waals surface area contributed by atoms with Crippen LogP contribution in [0.25, 0.3) is 0 Å². The van der Waals surface area contributed by atoms with Crippen LogP contribution in [0.5, 0.6) is 0 Å². The van der Waals surface area contributed by atoms with E-state index in [1.807, 2.05) is 0 Å². The molecule has 1 amide bonds. The van der Waals surface area contributed by atoms with Crippen molar-refractivity contribution in [1.82, 2.24) is 9.78 Å². The SMILES string of the molecule is Cc1cc(C(F)(F)F)nn1CC(=O)Nc1ccc(C(=O)OC(C)C)cc1. The van der Waals surface area contributed by atoms with E-state index in [4.69, 9.17) is 4.74 Å². The first-order valence-corrected chi connectivity index (χ1v) is 7.79. The first-order valence-electron chi connectivity index (χ1n) is 7.79. The van der Waals surface area contributed by atoms with Crippen LogP contribution in [0.3, 0.4) is 0 Å². The number of benzene rings is 1. The summed E-state index contributed by atoms with van der Waals surface area (Å²) in [4.78, 5) is 23.8. The predicted molar refractivity (Wildman–Crippen MR) is 87.6 cm³/mol. The van der Waals surface area contributed by atoms with Gasteiger partial charge in [-0.3, -0.25) is 9.48 Å². The summed E-state index contributed by atoms with van der Waals surface area (Å²) in [6.07, 6.45) is -4.81. The lowest BCUT2D eigenvalue weighted by Crippen LogP contribution is -2.21. The minimum atomic E-state index is -4.56. The minimum Gasteiger partial charge on any atom is -0.459 e. The molecule has 140 valence electrons. The lowest BCUT2D eigenvalue weighted by Gasteiger charge is -2.09. The van der Waals surface area contributed by atoms with Gasteiger partial charge in [0.05, 0.1) is 11.7 Å². The second kappa shape index (κ2) is 7.59. The van der Waals surface area contributed by atoms with Crippen molar-refractivity contribution in [3.63, 3.8) is 0 Å². The Morgan fingerprint density at radius 3 is 2.35 bits per heavy atom. The number of rotatable bonds is 5. The van der Waals surface area contributed by atoms with Gasteiger partial charge in [0.2, 0.25) is 5.91 Å². The molecule has 0 saturated carbocycles. The second-order valence-electron chi connectivity index (χ2n) is 5.91. The summed E-state index contributed by atoms with van der Waals surface area (Å²) in [6.45, 7) is 4.53. The van der Waals surface area contributed by atoms with Crippen LogP contribution in [-0.2, 0) is 22.3 Å². The Bertz CT molecular complexity index is 796. The molecule has 26 heavy (non-hydrogen) atoms. The molecule has 6 nitrogen and oxygen atoms in total. The first-order chi connectivity index (χ1) is 12.1. The lowest BCUT2D eigenvalue weighted by atomic mass is 10.2. The second-order valence-corrected chi connectivity index (χ2v) is 5.91. The largest absolute Gasteiger partial charge is 0.459 e. The average Bonchev–Trinajstić information content (AvgIpc) is 2.88. The van der Waals surface area contributed by atoms with Crippen molar-refractivity contribution in [3.8, 4) is 0 Å². The van der Waals surface area contributed by atoms with Crippen molar-refractivity contribution < 1.29 is 27.5 Å². The number of carbonyl (C=O) groups excluding carboxylic acids is 2. The summed E-state index contributed by atoms with van der Waals surface area (Å²) in [5.41, 5.74) is -0.0959. The quantitative estimate of drug-likeness (QED) is 0.820. The molecule has 1 heterocycles. The van der Waals surface area contributed by atoms with Gasteiger partial charge in [-0.25, -0.2) is 4.79 Å². The van der Waals surface area contributed by atoms with Gasteiger partial charge in [0, 0.05) is 11.4 Å². The molecule has 0 aliphatic heterocycles. The molecular weight excluding hydrogens is 351 g/mol. The number of alkyl halides is 3. The first kappa shape index (κ1) is 19.5. The monoisotopic (exact) mass is 369 g/mol. The highest BCUT2D eigenvalue weighted by atomic mass is 19.4. The van der Waals surface area contributed by atoms with Gasteiger partial charge in [0.1, 0.15) is 6.54 Å². The molecule has 0 radical (unpaired) electrons. The molecule has 0 unspecified atom stereocenters. The van der Waals surface area contributed by atoms with E-state index >= 15 is 0 Å². The van der Waals surface area contributed by atoms with Gasteiger partial charge in [-0.15, -0.1) is 0 Å². The molecule has 1 N–H and O–H groups in total. The zero-order chi connectivity index (χ0) is 19.5. The van der Waals surface area contributed by atoms with Gasteiger partial charge in [0.25, 0.3) is 0 Å². The molecule has 1 aromatic carbocycles. The molecule has 0 aliphatic rings. The Kier molecular flexibility index (Phi) is 5.69. The zero-order valence-electron chi connectivity index (χ0n) is 14.4. The fourth-order valence-corrected chi connectivity index (χ4v) is 2.12. The van der Waals surface area contributed by atoms with Gasteiger partial charge < -0.3 is 10.1 Å². The summed E-state index contributed by atoms with van der Waals surface area (Å²) in [7, 11) is 0. The van der Waals surface area contributed by atoms with Crippen molar-refractivity contribution in [2.45, 2.75) is 39.6 Å². The topological polar surface area (TPSA) is 73.2 Å². The number of carbonyl (C=O) groups is 2. The maximum absolute atomic E-state index is 12.6. The molecule has 0 aliphatic carbocycles. The van der Waals surface area contributed by atoms with Crippen LogP contribution in [0.4, 0.5) is 18.9 Å². The predicted octanol–water partition coefficient (Wildman–Crippen LogP) is 3.41. The standard InChI is InChI=1S/C17H18F3N3O3/c1-10(2)26-16(25)12-4-6-13(7-5-12)21-15(24)9-23-11(3)8-14(22-23)17(18,19)20/h4-8,10H,9H2,1-3H3,(H,21,24). The third-order valence-electron chi connectivity index (χ3n) is 3.31. The van der Waals surface area contributed by atoms with Crippen LogP contribution in [-0.4, -0.2) is 27.8 Å². The van der Waals surface area contributed by atoms with Crippen LogP contribution < -0.4 is 5.32 Å². The lowest BCUT2D eigenvalue weighted by molar-refractivity contribution is -0.141. The molecule has 0 atom stereocenters. The number of esters is 1. The molecular formula is C17H18F3N3O3. The molecule has 2 aromatic rings. The summed E-state index contributed by atoms with van der Waals surface area (Å²) < 4.78 is 43.9. The highest BCUT2D eigenvalue weighted by molar-refractivity contribution is 5.93. The van der Waals surface area contributed by atoms with E-state index < -0.39 is 23.7 Å². The van der Waals surface area contributed by atoms with Gasteiger partial charge in [-0.1, -0.05) is 0 Å². The summed E-state index contributed by atoms with van der Waals surface area (Å²) in [5.74, 6) is -1.02. The Labute approximate surface area is 147 Å². The van der Waals surface area contributed by atoms with Crippen LogP contribution in [0, 0.1) is 6.92 Å². The smallest absolute Gasteiger partial charge is 0.435 e. The van der Waals surface area contributed by atoms with Crippen molar-refractivity contribution >= 4 is 17.6 Å². The van der Waals surface area contributed by atoms with E-state index in [1.54, 1.807) is 13.8 Å². The number of nitrogens with zero attached hydrogens (tertiary/aromatic N) is 2. The van der Waals surface area contributed by atoms with E-state index in [0.29, 0.717) is 11.3 Å². The number of anilines is 1. The van der Waals surface area contributed by atoms with Crippen molar-refractivity contribution in [2.75, 3.05) is 5.32 Å². The molecule has 0 fully saturated rings. The van der Waals surface area contributed by atoms with Gasteiger partial charge >= 0.3 is 12.1 Å². The van der Waals surface area contributed by atoms with E-state index in [1.165, 1.54) is 31.2 Å². The fraction of sp³-hybridized carbons (Fsp3) is 0.353. The Balaban J connectivity index is 2.00. The number of nitrogens with one attached hydrogen (secondary N) is 1. The van der Waals surface area contributed by atoms with Gasteiger partial charge in [-0.05, 0) is 51.1 Å². The molecule has 1 aromatic heterocycles. The van der Waals surface area contributed by atoms with Crippen molar-refractivity contribution in [2.24, 2.45) is 0 Å². The normalized spacial score (nSPS) is 11.5. The Morgan fingerprint density at radius 2 is 1.85 bits per heavy atom. The van der Waals surface area contributed by atoms with Gasteiger partial charge in [-0.2, -0.15) is 18.3 Å². The molecule has 0 saturated heterocycles. The third kappa shape index (κ3) is 5.08. The van der Waals surface area contributed by atoms with Crippen LogP contribution in [0.1, 0.15) is 35.6 Å². The number of aryl methyl sites for hydroxylation is 1. The maximum Gasteiger partial charge on any atom is 0.435 e. The highest BCUT2D eigenvalue weighted by Gasteiger charge is 2.34. The molecule has 2 rings (SSSR count). The number of aromatic nitrogens is 2. The molecule has 0 bridgehead atoms. The Hall–Kier alpha value is -2.84. The summed E-state index contributed by atoms with van der Waals surface area (Å²) in [5, 5.41) is 5.94. The van der Waals surface area contributed by atoms with Crippen LogP contribution >= 0.6 is 0 Å². The van der Waals surface area contributed by atoms with E-state index in [0.717, 1.165) is 10.7 Å². The number of hydrogen-bond acceptors (Lipinski definition) is 4. The zero-order valence-corrected chi connectivity index (χ0v) is 14.4. The van der Waals surface area contributed by atoms with Crippen molar-refractivity contribution in [3.05, 3.63) is 47.3 Å². The van der Waals surface area contributed by atoms with Crippen LogP contribution in [0.15, 0.2) is 30.3 Å². The van der Waals surface area contributed by atoms with E-state index in [-0.39, 0.29) is 18.3 Å². The number of ether oxygens (including phenoxy) is 1. The summed E-state index contributed by atoms with van der Waals surface area (Å²) >= 11 is 0. The highest BCUT2D eigenvalue weighted by Crippen LogP contribution is 2.28. The van der Waals surface area contributed by atoms with Crippen molar-refractivity contribution in [1.29, 1.82) is 0 Å². The van der Waals surface area contributed by atoms with E-state index in [9.17, 15) is 22.8 Å².